The van der Waals surface area contributed by atoms with Gasteiger partial charge in [0, 0.05) is 35.4 Å². The van der Waals surface area contributed by atoms with Gasteiger partial charge in [-0.25, -0.2) is 9.37 Å². The molecule has 0 aliphatic carbocycles. The molecule has 0 amide bonds. The molecule has 0 aliphatic heterocycles. The largest absolute Gasteiger partial charge is 0.341 e. The summed E-state index contributed by atoms with van der Waals surface area (Å²) in [6.45, 7) is 0. The fraction of sp³-hybridized carbons (Fsp3) is 0. The average Bonchev–Trinajstić information content (AvgIpc) is 2.80. The molecule has 2 N–H and O–H groups in total. The molecule has 3 aromatic carbocycles. The smallest absolute Gasteiger partial charge is 0.193 e. The van der Waals surface area contributed by atoms with Crippen molar-refractivity contribution in [3.8, 4) is 5.69 Å². The highest BCUT2D eigenvalue weighted by molar-refractivity contribution is 5.86. The van der Waals surface area contributed by atoms with Crippen LogP contribution in [0.4, 0.5) is 27.4 Å². The second-order valence-electron chi connectivity index (χ2n) is 7.28. The summed E-state index contributed by atoms with van der Waals surface area (Å²) in [7, 11) is 0. The first-order valence-corrected chi connectivity index (χ1v) is 10.1. The summed E-state index contributed by atoms with van der Waals surface area (Å²) in [6.07, 6.45) is 1.55. The van der Waals surface area contributed by atoms with Crippen LogP contribution in [-0.2, 0) is 0 Å². The van der Waals surface area contributed by atoms with Gasteiger partial charge in [-0.2, -0.15) is 0 Å². The lowest BCUT2D eigenvalue weighted by molar-refractivity contribution is 0.628. The highest BCUT2D eigenvalue weighted by Crippen LogP contribution is 2.27. The Morgan fingerprint density at radius 3 is 2.22 bits per heavy atom. The van der Waals surface area contributed by atoms with E-state index >= 15 is 0 Å². The predicted octanol–water partition coefficient (Wildman–Crippen LogP) is 6.01. The zero-order valence-corrected chi connectivity index (χ0v) is 17.0. The highest BCUT2D eigenvalue weighted by atomic mass is 19.1. The van der Waals surface area contributed by atoms with Gasteiger partial charge >= 0.3 is 0 Å². The Morgan fingerprint density at radius 2 is 1.47 bits per heavy atom. The Balaban J connectivity index is 1.70. The summed E-state index contributed by atoms with van der Waals surface area (Å²) in [4.78, 5) is 17.3. The first-order valence-electron chi connectivity index (χ1n) is 10.1. The van der Waals surface area contributed by atoms with E-state index in [9.17, 15) is 9.18 Å². The topological polar surface area (TPSA) is 59.0 Å². The zero-order chi connectivity index (χ0) is 21.9. The van der Waals surface area contributed by atoms with Gasteiger partial charge in [-0.1, -0.05) is 42.5 Å². The first-order chi connectivity index (χ1) is 15.7. The molecular formula is C26H19FN4O. The summed E-state index contributed by atoms with van der Waals surface area (Å²) in [6, 6.07) is 29.0. The van der Waals surface area contributed by atoms with E-state index in [1.165, 1.54) is 12.1 Å². The lowest BCUT2D eigenvalue weighted by Gasteiger charge is -2.19. The number of nitrogens with zero attached hydrogens (tertiary/aromatic N) is 2. The van der Waals surface area contributed by atoms with Gasteiger partial charge in [0.1, 0.15) is 17.5 Å². The van der Waals surface area contributed by atoms with Gasteiger partial charge in [-0.15, -0.1) is 0 Å². The van der Waals surface area contributed by atoms with E-state index in [4.69, 9.17) is 0 Å². The fourth-order valence-corrected chi connectivity index (χ4v) is 3.61. The van der Waals surface area contributed by atoms with E-state index in [0.29, 0.717) is 28.2 Å². The van der Waals surface area contributed by atoms with Crippen molar-refractivity contribution in [3.63, 3.8) is 0 Å². The third-order valence-corrected chi connectivity index (χ3v) is 5.05. The number of rotatable bonds is 5. The third-order valence-electron chi connectivity index (χ3n) is 5.05. The van der Waals surface area contributed by atoms with Gasteiger partial charge < -0.3 is 10.6 Å². The van der Waals surface area contributed by atoms with E-state index < -0.39 is 0 Å². The van der Waals surface area contributed by atoms with Crippen molar-refractivity contribution in [2.24, 2.45) is 0 Å². The summed E-state index contributed by atoms with van der Waals surface area (Å²) in [5, 5.41) is 6.95. The maximum atomic E-state index is 13.6. The summed E-state index contributed by atoms with van der Waals surface area (Å²) >= 11 is 0. The Bertz CT molecular complexity index is 1450. The molecule has 0 saturated carbocycles. The Kier molecular flexibility index (Phi) is 5.09. The van der Waals surface area contributed by atoms with Crippen molar-refractivity contribution in [1.82, 2.24) is 9.55 Å². The SMILES string of the molecule is O=c1cc(Nc2ccccc2)n(-c2ccccc2)c2cc(Nc3cccc(F)c3)ncc12. The van der Waals surface area contributed by atoms with Crippen molar-refractivity contribution in [2.75, 3.05) is 10.6 Å². The maximum Gasteiger partial charge on any atom is 0.193 e. The van der Waals surface area contributed by atoms with E-state index in [1.54, 1.807) is 30.5 Å². The van der Waals surface area contributed by atoms with Crippen LogP contribution < -0.4 is 16.1 Å². The van der Waals surface area contributed by atoms with Gasteiger partial charge in [0.25, 0.3) is 0 Å². The molecule has 5 aromatic rings. The number of aromatic nitrogens is 2. The number of pyridine rings is 2. The molecule has 156 valence electrons. The fourth-order valence-electron chi connectivity index (χ4n) is 3.61. The van der Waals surface area contributed by atoms with Crippen LogP contribution in [0.5, 0.6) is 0 Å². The molecule has 0 fully saturated rings. The number of para-hydroxylation sites is 2. The van der Waals surface area contributed by atoms with Crippen LogP contribution in [0.3, 0.4) is 0 Å². The van der Waals surface area contributed by atoms with Crippen LogP contribution in [0.2, 0.25) is 0 Å². The van der Waals surface area contributed by atoms with Crippen molar-refractivity contribution >= 4 is 33.9 Å². The minimum absolute atomic E-state index is 0.143. The van der Waals surface area contributed by atoms with Crippen molar-refractivity contribution in [3.05, 3.63) is 119 Å². The maximum absolute atomic E-state index is 13.6. The Hall–Kier alpha value is -4.45. The van der Waals surface area contributed by atoms with E-state index in [1.807, 2.05) is 65.2 Å². The molecular weight excluding hydrogens is 403 g/mol. The Morgan fingerprint density at radius 1 is 0.750 bits per heavy atom. The van der Waals surface area contributed by atoms with Crippen LogP contribution in [-0.4, -0.2) is 9.55 Å². The van der Waals surface area contributed by atoms with E-state index in [2.05, 4.69) is 15.6 Å². The number of hydrogen-bond acceptors (Lipinski definition) is 4. The number of hydrogen-bond donors (Lipinski definition) is 2. The molecule has 5 nitrogen and oxygen atoms in total. The van der Waals surface area contributed by atoms with Crippen LogP contribution in [0.25, 0.3) is 16.6 Å². The Labute approximate surface area is 183 Å². The normalized spacial score (nSPS) is 10.8. The minimum Gasteiger partial charge on any atom is -0.341 e. The number of fused-ring (bicyclic) bond motifs is 1. The third kappa shape index (κ3) is 3.94. The molecule has 0 aliphatic rings. The molecule has 0 radical (unpaired) electrons. The average molecular weight is 422 g/mol. The molecule has 0 spiro atoms. The monoisotopic (exact) mass is 422 g/mol. The van der Waals surface area contributed by atoms with Gasteiger partial charge in [0.15, 0.2) is 5.43 Å². The quantitative estimate of drug-likeness (QED) is 0.364. The van der Waals surface area contributed by atoms with Gasteiger partial charge in [-0.3, -0.25) is 9.36 Å². The molecule has 6 heteroatoms. The molecule has 0 saturated heterocycles. The van der Waals surface area contributed by atoms with E-state index in [0.717, 1.165) is 11.4 Å². The molecule has 32 heavy (non-hydrogen) atoms. The van der Waals surface area contributed by atoms with Crippen LogP contribution in [0.1, 0.15) is 0 Å². The molecule has 2 aromatic heterocycles. The van der Waals surface area contributed by atoms with Crippen molar-refractivity contribution in [2.45, 2.75) is 0 Å². The molecule has 0 atom stereocenters. The number of nitrogens with one attached hydrogen (secondary N) is 2. The standard InChI is InChI=1S/C26H19FN4O/c27-18-8-7-11-20(14-18)29-25-15-23-22(17-28-25)24(32)16-26(30-19-9-3-1-4-10-19)31(23)21-12-5-2-6-13-21/h1-17,30H,(H,28,29). The van der Waals surface area contributed by atoms with Crippen LogP contribution in [0, 0.1) is 5.82 Å². The van der Waals surface area contributed by atoms with Crippen LogP contribution >= 0.6 is 0 Å². The van der Waals surface area contributed by atoms with Crippen LogP contribution in [0.15, 0.2) is 108 Å². The molecule has 0 bridgehead atoms. The summed E-state index contributed by atoms with van der Waals surface area (Å²) < 4.78 is 15.6. The second-order valence-corrected chi connectivity index (χ2v) is 7.28. The molecule has 5 rings (SSSR count). The lowest BCUT2D eigenvalue weighted by Crippen LogP contribution is -2.13. The summed E-state index contributed by atoms with van der Waals surface area (Å²) in [5.41, 5.74) is 2.86. The van der Waals surface area contributed by atoms with Gasteiger partial charge in [0.05, 0.1) is 10.9 Å². The van der Waals surface area contributed by atoms with E-state index in [-0.39, 0.29) is 11.2 Å². The predicted molar refractivity (Wildman–Crippen MR) is 127 cm³/mol. The van der Waals surface area contributed by atoms with Gasteiger partial charge in [0.2, 0.25) is 0 Å². The summed E-state index contributed by atoms with van der Waals surface area (Å²) in [5.74, 6) is 0.790. The number of halogens is 1. The van der Waals surface area contributed by atoms with Crippen molar-refractivity contribution < 1.29 is 4.39 Å². The minimum atomic E-state index is -0.341. The highest BCUT2D eigenvalue weighted by Gasteiger charge is 2.13. The lowest BCUT2D eigenvalue weighted by atomic mass is 10.2. The van der Waals surface area contributed by atoms with Crippen molar-refractivity contribution in [1.29, 1.82) is 0 Å². The number of anilines is 4. The molecule has 2 heterocycles. The molecule has 0 unspecified atom stereocenters. The van der Waals surface area contributed by atoms with Gasteiger partial charge in [-0.05, 0) is 42.5 Å². The number of benzene rings is 3. The zero-order valence-electron chi connectivity index (χ0n) is 17.0. The second kappa shape index (κ2) is 8.35. The first kappa shape index (κ1) is 19.5.